The molecule has 0 radical (unpaired) electrons. The lowest BCUT2D eigenvalue weighted by atomic mass is 9.79. The quantitative estimate of drug-likeness (QED) is 0.749. The summed E-state index contributed by atoms with van der Waals surface area (Å²) >= 11 is 0. The van der Waals surface area contributed by atoms with E-state index in [1.54, 1.807) is 6.07 Å². The molecule has 8 nitrogen and oxygen atoms in total. The van der Waals surface area contributed by atoms with Gasteiger partial charge in [0, 0.05) is 32.1 Å². The van der Waals surface area contributed by atoms with Crippen LogP contribution in [0.3, 0.4) is 0 Å². The number of piperidine rings is 2. The third-order valence-electron chi connectivity index (χ3n) is 6.83. The van der Waals surface area contributed by atoms with Gasteiger partial charge >= 0.3 is 6.03 Å². The molecule has 0 unspecified atom stereocenters. The number of ether oxygens (including phenoxy) is 1. The second-order valence-corrected chi connectivity index (χ2v) is 8.80. The number of hydrogen-bond acceptors (Lipinski definition) is 5. The van der Waals surface area contributed by atoms with E-state index >= 15 is 0 Å². The van der Waals surface area contributed by atoms with E-state index in [0.29, 0.717) is 18.0 Å². The Hall–Kier alpha value is -2.61. The zero-order chi connectivity index (χ0) is 21.8. The van der Waals surface area contributed by atoms with Gasteiger partial charge in [0.1, 0.15) is 5.75 Å². The van der Waals surface area contributed by atoms with Crippen molar-refractivity contribution in [2.45, 2.75) is 39.0 Å². The first-order valence-electron chi connectivity index (χ1n) is 11.3. The first kappa shape index (κ1) is 21.6. The van der Waals surface area contributed by atoms with Gasteiger partial charge in [0.25, 0.3) is 5.91 Å². The topological polar surface area (TPSA) is 91.0 Å². The lowest BCUT2D eigenvalue weighted by Crippen LogP contribution is -2.49. The van der Waals surface area contributed by atoms with E-state index in [4.69, 9.17) is 4.74 Å². The summed E-state index contributed by atoms with van der Waals surface area (Å²) in [6, 6.07) is 5.01. The van der Waals surface area contributed by atoms with Gasteiger partial charge in [-0.25, -0.2) is 4.79 Å². The van der Waals surface area contributed by atoms with E-state index < -0.39 is 6.03 Å². The minimum atomic E-state index is -0.427. The van der Waals surface area contributed by atoms with Gasteiger partial charge in [-0.2, -0.15) is 0 Å². The predicted molar refractivity (Wildman–Crippen MR) is 117 cm³/mol. The molecular weight excluding hydrogens is 396 g/mol. The van der Waals surface area contributed by atoms with Gasteiger partial charge in [-0.1, -0.05) is 6.07 Å². The van der Waals surface area contributed by atoms with Crippen molar-refractivity contribution < 1.29 is 19.1 Å². The summed E-state index contributed by atoms with van der Waals surface area (Å²) in [5.41, 5.74) is 1.60. The summed E-state index contributed by atoms with van der Waals surface area (Å²) in [5, 5.41) is 5.76. The number of nitrogens with zero attached hydrogens (tertiary/aromatic N) is 2. The fourth-order valence-corrected chi connectivity index (χ4v) is 4.94. The molecule has 0 bridgehead atoms. The van der Waals surface area contributed by atoms with E-state index in [9.17, 15) is 14.4 Å². The number of amides is 4. The molecule has 0 spiro atoms. The van der Waals surface area contributed by atoms with Crippen molar-refractivity contribution in [1.29, 1.82) is 0 Å². The maximum absolute atomic E-state index is 12.7. The number of anilines is 1. The van der Waals surface area contributed by atoms with Gasteiger partial charge in [0.2, 0.25) is 5.91 Å². The van der Waals surface area contributed by atoms with Crippen LogP contribution in [0.4, 0.5) is 10.5 Å². The van der Waals surface area contributed by atoms with E-state index in [2.05, 4.69) is 10.6 Å². The second-order valence-electron chi connectivity index (χ2n) is 8.80. The summed E-state index contributed by atoms with van der Waals surface area (Å²) in [7, 11) is 0. The number of urea groups is 1. The van der Waals surface area contributed by atoms with Crippen LogP contribution in [0.15, 0.2) is 18.2 Å². The molecule has 8 heteroatoms. The average Bonchev–Trinajstić information content (AvgIpc) is 2.79. The molecular formula is C23H32N4O4. The summed E-state index contributed by atoms with van der Waals surface area (Å²) in [6.07, 6.45) is 4.92. The molecule has 3 aliphatic rings. The molecule has 4 rings (SSSR count). The van der Waals surface area contributed by atoms with E-state index in [0.717, 1.165) is 56.4 Å². The Bertz CT molecular complexity index is 829. The van der Waals surface area contributed by atoms with Crippen LogP contribution in [0, 0.1) is 18.8 Å². The molecule has 3 fully saturated rings. The molecule has 1 aromatic carbocycles. The Morgan fingerprint density at radius 2 is 1.77 bits per heavy atom. The number of hydrogen-bond donors (Lipinski definition) is 2. The molecule has 0 aromatic heterocycles. The highest BCUT2D eigenvalue weighted by Gasteiger charge is 2.29. The highest BCUT2D eigenvalue weighted by molar-refractivity contribution is 6.06. The van der Waals surface area contributed by atoms with E-state index in [1.807, 2.05) is 24.0 Å². The largest absolute Gasteiger partial charge is 0.484 e. The number of carbonyl (C=O) groups is 3. The number of aryl methyl sites for hydroxylation is 1. The number of benzene rings is 1. The van der Waals surface area contributed by atoms with Crippen molar-refractivity contribution in [1.82, 2.24) is 15.5 Å². The first-order valence-corrected chi connectivity index (χ1v) is 11.3. The molecule has 168 valence electrons. The maximum Gasteiger partial charge on any atom is 0.328 e. The fourth-order valence-electron chi connectivity index (χ4n) is 4.94. The lowest BCUT2D eigenvalue weighted by molar-refractivity contribution is -0.135. The van der Waals surface area contributed by atoms with Crippen molar-refractivity contribution >= 4 is 23.5 Å². The van der Waals surface area contributed by atoms with Gasteiger partial charge in [0.15, 0.2) is 6.61 Å². The minimum Gasteiger partial charge on any atom is -0.484 e. The van der Waals surface area contributed by atoms with Crippen LogP contribution in [0.2, 0.25) is 0 Å². The Labute approximate surface area is 183 Å². The molecule has 0 saturated carbocycles. The molecule has 3 saturated heterocycles. The van der Waals surface area contributed by atoms with Crippen molar-refractivity contribution in [3.05, 3.63) is 23.8 Å². The molecule has 2 N–H and O–H groups in total. The minimum absolute atomic E-state index is 0.00666. The standard InChI is InChI=1S/C23H32N4O4/c1-16-2-3-19(14-20(16)27-13-8-21(28)25-23(27)30)31-15-22(29)26-11-6-18(7-12-26)17-4-9-24-10-5-17/h2-3,14,17-18,24H,4-13,15H2,1H3,(H,25,28,30). The smallest absolute Gasteiger partial charge is 0.328 e. The maximum atomic E-state index is 12.7. The van der Waals surface area contributed by atoms with Crippen LogP contribution >= 0.6 is 0 Å². The number of rotatable bonds is 5. The summed E-state index contributed by atoms with van der Waals surface area (Å²) in [5.74, 6) is 1.81. The van der Waals surface area contributed by atoms with Crippen LogP contribution in [0.5, 0.6) is 5.75 Å². The van der Waals surface area contributed by atoms with Crippen LogP contribution in [-0.4, -0.2) is 62.1 Å². The van der Waals surface area contributed by atoms with Crippen molar-refractivity contribution in [3.63, 3.8) is 0 Å². The Balaban J connectivity index is 1.29. The zero-order valence-corrected chi connectivity index (χ0v) is 18.2. The second kappa shape index (κ2) is 9.68. The Morgan fingerprint density at radius 3 is 2.48 bits per heavy atom. The van der Waals surface area contributed by atoms with Crippen molar-refractivity contribution in [3.8, 4) is 5.75 Å². The highest BCUT2D eigenvalue weighted by Crippen LogP contribution is 2.31. The first-order chi connectivity index (χ1) is 15.0. The SMILES string of the molecule is Cc1ccc(OCC(=O)N2CCC(C3CCNCC3)CC2)cc1N1CCC(=O)NC1=O. The van der Waals surface area contributed by atoms with Crippen molar-refractivity contribution in [2.24, 2.45) is 11.8 Å². The highest BCUT2D eigenvalue weighted by atomic mass is 16.5. The Morgan fingerprint density at radius 1 is 1.06 bits per heavy atom. The number of nitrogens with one attached hydrogen (secondary N) is 2. The normalized spacial score (nSPS) is 21.2. The molecule has 0 aliphatic carbocycles. The Kier molecular flexibility index (Phi) is 6.75. The fraction of sp³-hybridized carbons (Fsp3) is 0.609. The van der Waals surface area contributed by atoms with Gasteiger partial charge in [-0.15, -0.1) is 0 Å². The third-order valence-corrected chi connectivity index (χ3v) is 6.83. The predicted octanol–water partition coefficient (Wildman–Crippen LogP) is 2.06. The average molecular weight is 429 g/mol. The van der Waals surface area contributed by atoms with Crippen LogP contribution in [0.25, 0.3) is 0 Å². The molecule has 1 aromatic rings. The monoisotopic (exact) mass is 428 g/mol. The number of likely N-dealkylation sites (tertiary alicyclic amines) is 1. The molecule has 0 atom stereocenters. The van der Waals surface area contributed by atoms with Gasteiger partial charge < -0.3 is 15.0 Å². The lowest BCUT2D eigenvalue weighted by Gasteiger charge is -2.37. The number of imide groups is 1. The molecule has 3 aliphatic heterocycles. The summed E-state index contributed by atoms with van der Waals surface area (Å²) < 4.78 is 5.78. The van der Waals surface area contributed by atoms with E-state index in [-0.39, 0.29) is 24.8 Å². The molecule has 3 heterocycles. The van der Waals surface area contributed by atoms with Crippen LogP contribution in [0.1, 0.15) is 37.7 Å². The molecule has 31 heavy (non-hydrogen) atoms. The van der Waals surface area contributed by atoms with Crippen LogP contribution < -0.4 is 20.3 Å². The summed E-state index contributed by atoms with van der Waals surface area (Å²) in [4.78, 5) is 39.7. The number of carbonyl (C=O) groups excluding carboxylic acids is 3. The van der Waals surface area contributed by atoms with Gasteiger partial charge in [-0.3, -0.25) is 19.8 Å². The summed E-state index contributed by atoms with van der Waals surface area (Å²) in [6.45, 7) is 6.07. The molecule has 4 amide bonds. The van der Waals surface area contributed by atoms with Gasteiger partial charge in [-0.05, 0) is 69.2 Å². The van der Waals surface area contributed by atoms with E-state index in [1.165, 1.54) is 17.7 Å². The van der Waals surface area contributed by atoms with Gasteiger partial charge in [0.05, 0.1) is 5.69 Å². The zero-order valence-electron chi connectivity index (χ0n) is 18.2. The van der Waals surface area contributed by atoms with Crippen LogP contribution in [-0.2, 0) is 9.59 Å². The third kappa shape index (κ3) is 5.18. The van der Waals surface area contributed by atoms with Crippen molar-refractivity contribution in [2.75, 3.05) is 44.2 Å².